The zero-order chi connectivity index (χ0) is 10.2. The second kappa shape index (κ2) is 3.19. The number of halogens is 3. The Kier molecular flexibility index (Phi) is 2.54. The highest BCUT2D eigenvalue weighted by Crippen LogP contribution is 2.33. The van der Waals surface area contributed by atoms with Crippen molar-refractivity contribution in [3.05, 3.63) is 23.5 Å². The summed E-state index contributed by atoms with van der Waals surface area (Å²) in [4.78, 5) is 0. The number of hydrogen-bond acceptors (Lipinski definition) is 2. The minimum atomic E-state index is -2.53. The minimum absolute atomic E-state index is 0.378. The van der Waals surface area contributed by atoms with E-state index < -0.39 is 24.8 Å². The number of rotatable bonds is 1. The van der Waals surface area contributed by atoms with Crippen LogP contribution in [0.25, 0.3) is 0 Å². The lowest BCUT2D eigenvalue weighted by Gasteiger charge is -2.24. The Morgan fingerprint density at radius 3 is 2.46 bits per heavy atom. The van der Waals surface area contributed by atoms with Gasteiger partial charge in [0, 0.05) is 0 Å². The molecule has 1 aliphatic rings. The van der Waals surface area contributed by atoms with Crippen molar-refractivity contribution in [2.24, 2.45) is 0 Å². The first-order chi connectivity index (χ1) is 5.84. The Labute approximate surface area is 73.5 Å². The van der Waals surface area contributed by atoms with Gasteiger partial charge in [0.15, 0.2) is 11.8 Å². The van der Waals surface area contributed by atoms with Crippen molar-refractivity contribution in [1.82, 2.24) is 0 Å². The molecule has 0 aromatic carbocycles. The van der Waals surface area contributed by atoms with Gasteiger partial charge >= 0.3 is 7.12 Å². The fourth-order valence-electron chi connectivity index (χ4n) is 1.09. The van der Waals surface area contributed by atoms with Crippen molar-refractivity contribution in [3.8, 4) is 0 Å². The zero-order valence-electron chi connectivity index (χ0n) is 6.84. The lowest BCUT2D eigenvalue weighted by Crippen LogP contribution is -2.35. The molecule has 0 radical (unpaired) electrons. The van der Waals surface area contributed by atoms with Crippen LogP contribution in [0.4, 0.5) is 13.2 Å². The normalized spacial score (nSPS) is 33.8. The van der Waals surface area contributed by atoms with Crippen molar-refractivity contribution in [2.45, 2.75) is 18.8 Å². The van der Waals surface area contributed by atoms with Gasteiger partial charge in [0.1, 0.15) is 5.83 Å². The third-order valence-corrected chi connectivity index (χ3v) is 1.79. The number of hydrogen-bond donors (Lipinski definition) is 2. The van der Waals surface area contributed by atoms with Crippen LogP contribution in [0.5, 0.6) is 0 Å². The van der Waals surface area contributed by atoms with Crippen LogP contribution in [-0.2, 0) is 0 Å². The molecule has 2 unspecified atom stereocenters. The first-order valence-electron chi connectivity index (χ1n) is 3.63. The summed E-state index contributed by atoms with van der Waals surface area (Å²) in [6.07, 6.45) is -1.14. The second-order valence-corrected chi connectivity index (χ2v) is 3.06. The van der Waals surface area contributed by atoms with E-state index in [4.69, 9.17) is 10.0 Å². The molecule has 0 aromatic rings. The Morgan fingerprint density at radius 2 is 2.08 bits per heavy atom. The van der Waals surface area contributed by atoms with Crippen LogP contribution in [0.15, 0.2) is 23.5 Å². The summed E-state index contributed by atoms with van der Waals surface area (Å²) < 4.78 is 38.6. The SMILES string of the molecule is CC1(F)C=C(B(O)O)C=C(F)C1F. The maximum atomic E-state index is 13.2. The van der Waals surface area contributed by atoms with E-state index in [2.05, 4.69) is 0 Å². The molecular weight excluding hydrogens is 184 g/mol. The summed E-state index contributed by atoms with van der Waals surface area (Å²) >= 11 is 0. The molecule has 0 spiro atoms. The van der Waals surface area contributed by atoms with Gasteiger partial charge in [-0.15, -0.1) is 0 Å². The van der Waals surface area contributed by atoms with Crippen molar-refractivity contribution >= 4 is 7.12 Å². The summed E-state index contributed by atoms with van der Waals surface area (Å²) in [7, 11) is -1.99. The van der Waals surface area contributed by atoms with Gasteiger partial charge in [-0.1, -0.05) is 0 Å². The first kappa shape index (κ1) is 10.3. The van der Waals surface area contributed by atoms with Gasteiger partial charge in [-0.25, -0.2) is 13.2 Å². The van der Waals surface area contributed by atoms with Crippen molar-refractivity contribution in [2.75, 3.05) is 0 Å². The average molecular weight is 192 g/mol. The Morgan fingerprint density at radius 1 is 1.54 bits per heavy atom. The smallest absolute Gasteiger partial charge is 0.423 e. The zero-order valence-corrected chi connectivity index (χ0v) is 6.84. The Bertz CT molecular complexity index is 273. The third-order valence-electron chi connectivity index (χ3n) is 1.79. The molecule has 0 bridgehead atoms. The molecular formula is C7H8BF3O2. The molecule has 13 heavy (non-hydrogen) atoms. The summed E-state index contributed by atoms with van der Waals surface area (Å²) in [6.45, 7) is 0.826. The van der Waals surface area contributed by atoms with Crippen LogP contribution in [0.3, 0.4) is 0 Å². The maximum Gasteiger partial charge on any atom is 0.488 e. The fraction of sp³-hybridized carbons (Fsp3) is 0.429. The first-order valence-corrected chi connectivity index (χ1v) is 3.63. The van der Waals surface area contributed by atoms with Crippen LogP contribution < -0.4 is 0 Å². The van der Waals surface area contributed by atoms with Gasteiger partial charge in [0.25, 0.3) is 0 Å². The summed E-state index contributed by atoms with van der Waals surface area (Å²) in [5.74, 6) is -1.34. The Balaban J connectivity index is 3.04. The van der Waals surface area contributed by atoms with Crippen molar-refractivity contribution in [3.63, 3.8) is 0 Å². The van der Waals surface area contributed by atoms with Crippen LogP contribution in [0, 0.1) is 0 Å². The van der Waals surface area contributed by atoms with E-state index in [1.165, 1.54) is 0 Å². The molecule has 2 nitrogen and oxygen atoms in total. The lowest BCUT2D eigenvalue weighted by atomic mass is 9.73. The highest BCUT2D eigenvalue weighted by Gasteiger charge is 2.40. The second-order valence-electron chi connectivity index (χ2n) is 3.06. The predicted molar refractivity (Wildman–Crippen MR) is 41.9 cm³/mol. The number of alkyl halides is 2. The van der Waals surface area contributed by atoms with E-state index in [1.807, 2.05) is 0 Å². The van der Waals surface area contributed by atoms with Gasteiger partial charge in [0.2, 0.25) is 0 Å². The molecule has 0 amide bonds. The number of allylic oxidation sites excluding steroid dienone is 4. The van der Waals surface area contributed by atoms with E-state index in [-0.39, 0.29) is 5.47 Å². The summed E-state index contributed by atoms with van der Waals surface area (Å²) in [6, 6.07) is 0. The lowest BCUT2D eigenvalue weighted by molar-refractivity contribution is 0.117. The highest BCUT2D eigenvalue weighted by atomic mass is 19.2. The predicted octanol–water partition coefficient (Wildman–Crippen LogP) is 0.858. The molecule has 72 valence electrons. The summed E-state index contributed by atoms with van der Waals surface area (Å²) in [5.41, 5.74) is -2.91. The molecule has 2 N–H and O–H groups in total. The van der Waals surface area contributed by atoms with Gasteiger partial charge in [-0.2, -0.15) is 0 Å². The topological polar surface area (TPSA) is 40.5 Å². The largest absolute Gasteiger partial charge is 0.488 e. The van der Waals surface area contributed by atoms with E-state index in [1.54, 1.807) is 0 Å². The molecule has 6 heteroatoms. The van der Waals surface area contributed by atoms with Crippen LogP contribution in [0.2, 0.25) is 0 Å². The quantitative estimate of drug-likeness (QED) is 0.604. The molecule has 0 fully saturated rings. The summed E-state index contributed by atoms with van der Waals surface area (Å²) in [5, 5.41) is 17.2. The minimum Gasteiger partial charge on any atom is -0.423 e. The molecule has 1 rings (SSSR count). The molecule has 1 aliphatic carbocycles. The molecule has 0 saturated heterocycles. The van der Waals surface area contributed by atoms with Crippen molar-refractivity contribution in [1.29, 1.82) is 0 Å². The van der Waals surface area contributed by atoms with E-state index in [9.17, 15) is 13.2 Å². The van der Waals surface area contributed by atoms with Crippen LogP contribution in [0.1, 0.15) is 6.92 Å². The van der Waals surface area contributed by atoms with Crippen molar-refractivity contribution < 1.29 is 23.2 Å². The molecule has 0 aromatic heterocycles. The van der Waals surface area contributed by atoms with Gasteiger partial charge in [-0.05, 0) is 24.5 Å². The average Bonchev–Trinajstić information content (AvgIpc) is 1.99. The van der Waals surface area contributed by atoms with Gasteiger partial charge < -0.3 is 10.0 Å². The molecule has 0 aliphatic heterocycles. The van der Waals surface area contributed by atoms with Crippen LogP contribution in [-0.4, -0.2) is 29.0 Å². The monoisotopic (exact) mass is 192 g/mol. The molecule has 0 saturated carbocycles. The van der Waals surface area contributed by atoms with Crippen LogP contribution >= 0.6 is 0 Å². The highest BCUT2D eigenvalue weighted by molar-refractivity contribution is 6.51. The molecule has 0 heterocycles. The molecule has 2 atom stereocenters. The fourth-order valence-corrected chi connectivity index (χ4v) is 1.09. The van der Waals surface area contributed by atoms with E-state index in [0.29, 0.717) is 12.2 Å². The third kappa shape index (κ3) is 1.95. The van der Waals surface area contributed by atoms with Gasteiger partial charge in [0.05, 0.1) is 0 Å². The standard InChI is InChI=1S/C7H8BF3O2/c1-7(11)3-4(8(12)13)2-5(9)6(7)10/h2-3,6,12-13H,1H3. The maximum absolute atomic E-state index is 13.2. The van der Waals surface area contributed by atoms with E-state index in [0.717, 1.165) is 6.92 Å². The van der Waals surface area contributed by atoms with E-state index >= 15 is 0 Å². The Hall–Kier alpha value is -0.745. The van der Waals surface area contributed by atoms with Gasteiger partial charge in [-0.3, -0.25) is 0 Å².